The lowest BCUT2D eigenvalue weighted by Gasteiger charge is -2.13. The van der Waals surface area contributed by atoms with Gasteiger partial charge in [0.2, 0.25) is 0 Å². The van der Waals surface area contributed by atoms with Crippen molar-refractivity contribution in [2.75, 3.05) is 0 Å². The third-order valence-electron chi connectivity index (χ3n) is 2.69. The van der Waals surface area contributed by atoms with Gasteiger partial charge in [0, 0.05) is 21.9 Å². The second-order valence-electron chi connectivity index (χ2n) is 3.88. The number of aromatic nitrogens is 3. The SMILES string of the molecule is CCn1ncnc1CC(O)c1ccc(Br)cc1Br. The molecule has 4 nitrogen and oxygen atoms in total. The van der Waals surface area contributed by atoms with E-state index < -0.39 is 6.10 Å². The highest BCUT2D eigenvalue weighted by Crippen LogP contribution is 2.28. The normalized spacial score (nSPS) is 12.7. The minimum Gasteiger partial charge on any atom is -0.388 e. The predicted octanol–water partition coefficient (Wildman–Crippen LogP) is 3.10. The highest BCUT2D eigenvalue weighted by Gasteiger charge is 2.15. The summed E-state index contributed by atoms with van der Waals surface area (Å²) < 4.78 is 3.64. The molecule has 0 radical (unpaired) electrons. The second-order valence-corrected chi connectivity index (χ2v) is 5.65. The Balaban J connectivity index is 2.19. The van der Waals surface area contributed by atoms with Crippen LogP contribution in [0.1, 0.15) is 24.4 Å². The molecule has 0 saturated heterocycles. The van der Waals surface area contributed by atoms with Crippen LogP contribution in [0.15, 0.2) is 33.5 Å². The van der Waals surface area contributed by atoms with Crippen LogP contribution in [0.4, 0.5) is 0 Å². The number of nitrogens with zero attached hydrogens (tertiary/aromatic N) is 3. The fourth-order valence-electron chi connectivity index (χ4n) is 1.76. The fraction of sp³-hybridized carbons (Fsp3) is 0.333. The highest BCUT2D eigenvalue weighted by atomic mass is 79.9. The summed E-state index contributed by atoms with van der Waals surface area (Å²) in [5.74, 6) is 0.791. The number of benzene rings is 1. The molecule has 6 heteroatoms. The third-order valence-corrected chi connectivity index (χ3v) is 3.87. The van der Waals surface area contributed by atoms with Gasteiger partial charge in [-0.25, -0.2) is 4.98 Å². The van der Waals surface area contributed by atoms with Crippen molar-refractivity contribution in [3.8, 4) is 0 Å². The Morgan fingerprint density at radius 2 is 2.17 bits per heavy atom. The van der Waals surface area contributed by atoms with Gasteiger partial charge in [0.15, 0.2) is 0 Å². The van der Waals surface area contributed by atoms with Crippen molar-refractivity contribution in [3.05, 3.63) is 44.9 Å². The van der Waals surface area contributed by atoms with Crippen LogP contribution < -0.4 is 0 Å². The van der Waals surface area contributed by atoms with Gasteiger partial charge in [-0.15, -0.1) is 0 Å². The van der Waals surface area contributed by atoms with E-state index in [-0.39, 0.29) is 0 Å². The summed E-state index contributed by atoms with van der Waals surface area (Å²) in [6.45, 7) is 2.75. The molecular formula is C12H13Br2N3O. The molecule has 0 aliphatic heterocycles. The monoisotopic (exact) mass is 373 g/mol. The van der Waals surface area contributed by atoms with Gasteiger partial charge < -0.3 is 5.11 Å². The van der Waals surface area contributed by atoms with E-state index in [9.17, 15) is 5.11 Å². The lowest BCUT2D eigenvalue weighted by Crippen LogP contribution is -2.10. The van der Waals surface area contributed by atoms with Gasteiger partial charge in [-0.1, -0.05) is 37.9 Å². The van der Waals surface area contributed by atoms with E-state index in [2.05, 4.69) is 41.9 Å². The van der Waals surface area contributed by atoms with Crippen LogP contribution in [-0.4, -0.2) is 19.9 Å². The summed E-state index contributed by atoms with van der Waals surface area (Å²) in [5, 5.41) is 14.4. The zero-order valence-corrected chi connectivity index (χ0v) is 13.0. The van der Waals surface area contributed by atoms with Crippen LogP contribution in [0.5, 0.6) is 0 Å². The summed E-state index contributed by atoms with van der Waals surface area (Å²) in [6, 6.07) is 5.72. The molecule has 2 aromatic rings. The molecule has 18 heavy (non-hydrogen) atoms. The summed E-state index contributed by atoms with van der Waals surface area (Å²) in [4.78, 5) is 4.17. The van der Waals surface area contributed by atoms with E-state index in [1.165, 1.54) is 6.33 Å². The fourth-order valence-corrected chi connectivity index (χ4v) is 3.08. The van der Waals surface area contributed by atoms with Gasteiger partial charge in [0.25, 0.3) is 0 Å². The molecule has 1 aromatic carbocycles. The van der Waals surface area contributed by atoms with Crippen molar-refractivity contribution in [1.29, 1.82) is 0 Å². The molecule has 0 saturated carbocycles. The quantitative estimate of drug-likeness (QED) is 0.894. The van der Waals surface area contributed by atoms with Crippen LogP contribution in [-0.2, 0) is 13.0 Å². The van der Waals surface area contributed by atoms with E-state index in [1.54, 1.807) is 4.68 Å². The first kappa shape index (κ1) is 13.7. The average Bonchev–Trinajstić information content (AvgIpc) is 2.76. The number of aliphatic hydroxyl groups excluding tert-OH is 1. The highest BCUT2D eigenvalue weighted by molar-refractivity contribution is 9.11. The zero-order valence-electron chi connectivity index (χ0n) is 9.85. The first-order chi connectivity index (χ1) is 8.61. The Bertz CT molecular complexity index is 542. The van der Waals surface area contributed by atoms with Crippen molar-refractivity contribution in [2.45, 2.75) is 26.0 Å². The standard InChI is InChI=1S/C12H13Br2N3O/c1-2-17-12(15-7-16-17)6-11(18)9-4-3-8(13)5-10(9)14/h3-5,7,11,18H,2,6H2,1H3. The summed E-state index contributed by atoms with van der Waals surface area (Å²) >= 11 is 6.85. The van der Waals surface area contributed by atoms with Crippen LogP contribution in [0.2, 0.25) is 0 Å². The molecule has 0 bridgehead atoms. The van der Waals surface area contributed by atoms with Gasteiger partial charge in [-0.05, 0) is 24.6 Å². The van der Waals surface area contributed by atoms with Crippen LogP contribution in [0.3, 0.4) is 0 Å². The topological polar surface area (TPSA) is 50.9 Å². The Kier molecular flexibility index (Phi) is 4.53. The second kappa shape index (κ2) is 5.95. The van der Waals surface area contributed by atoms with Gasteiger partial charge >= 0.3 is 0 Å². The molecule has 0 aliphatic carbocycles. The van der Waals surface area contributed by atoms with Crippen molar-refractivity contribution < 1.29 is 5.11 Å². The van der Waals surface area contributed by atoms with E-state index in [0.29, 0.717) is 6.42 Å². The van der Waals surface area contributed by atoms with Gasteiger partial charge in [0.1, 0.15) is 12.2 Å². The van der Waals surface area contributed by atoms with E-state index in [4.69, 9.17) is 0 Å². The maximum absolute atomic E-state index is 10.3. The maximum Gasteiger partial charge on any atom is 0.138 e. The molecule has 0 spiro atoms. The minimum atomic E-state index is -0.595. The summed E-state index contributed by atoms with van der Waals surface area (Å²) in [5.41, 5.74) is 0.851. The molecular weight excluding hydrogens is 362 g/mol. The number of hydrogen-bond acceptors (Lipinski definition) is 3. The van der Waals surface area contributed by atoms with Gasteiger partial charge in [0.05, 0.1) is 6.10 Å². The number of hydrogen-bond donors (Lipinski definition) is 1. The first-order valence-electron chi connectivity index (χ1n) is 5.61. The summed E-state index contributed by atoms with van der Waals surface area (Å²) in [7, 11) is 0. The molecule has 96 valence electrons. The molecule has 1 aromatic heterocycles. The molecule has 1 unspecified atom stereocenters. The Labute approximate surface area is 122 Å². The van der Waals surface area contributed by atoms with Crippen LogP contribution in [0.25, 0.3) is 0 Å². The van der Waals surface area contributed by atoms with Crippen LogP contribution >= 0.6 is 31.9 Å². The van der Waals surface area contributed by atoms with E-state index in [0.717, 1.165) is 26.9 Å². The van der Waals surface area contributed by atoms with Gasteiger partial charge in [-0.3, -0.25) is 4.68 Å². The zero-order chi connectivity index (χ0) is 13.1. The van der Waals surface area contributed by atoms with Crippen molar-refractivity contribution in [3.63, 3.8) is 0 Å². The lowest BCUT2D eigenvalue weighted by atomic mass is 10.1. The molecule has 0 aliphatic rings. The average molecular weight is 375 g/mol. The molecule has 0 amide bonds. The first-order valence-corrected chi connectivity index (χ1v) is 7.20. The molecule has 1 N–H and O–H groups in total. The largest absolute Gasteiger partial charge is 0.388 e. The smallest absolute Gasteiger partial charge is 0.138 e. The Morgan fingerprint density at radius 1 is 1.39 bits per heavy atom. The Morgan fingerprint density at radius 3 is 2.83 bits per heavy atom. The van der Waals surface area contributed by atoms with Crippen molar-refractivity contribution in [1.82, 2.24) is 14.8 Å². The van der Waals surface area contributed by atoms with E-state index in [1.807, 2.05) is 25.1 Å². The molecule has 2 rings (SSSR count). The third kappa shape index (κ3) is 2.99. The van der Waals surface area contributed by atoms with Crippen LogP contribution in [0, 0.1) is 0 Å². The molecule has 0 fully saturated rings. The number of aryl methyl sites for hydroxylation is 1. The maximum atomic E-state index is 10.3. The number of halogens is 2. The minimum absolute atomic E-state index is 0.452. The summed E-state index contributed by atoms with van der Waals surface area (Å²) in [6.07, 6.45) is 1.37. The number of aliphatic hydroxyl groups is 1. The Hall–Kier alpha value is -0.720. The molecule has 1 heterocycles. The predicted molar refractivity (Wildman–Crippen MR) is 76.2 cm³/mol. The van der Waals surface area contributed by atoms with Gasteiger partial charge in [-0.2, -0.15) is 5.10 Å². The van der Waals surface area contributed by atoms with Crippen molar-refractivity contribution >= 4 is 31.9 Å². The molecule has 1 atom stereocenters. The van der Waals surface area contributed by atoms with E-state index >= 15 is 0 Å². The lowest BCUT2D eigenvalue weighted by molar-refractivity contribution is 0.173. The van der Waals surface area contributed by atoms with Crippen molar-refractivity contribution in [2.24, 2.45) is 0 Å². The number of rotatable bonds is 4.